The Labute approximate surface area is 249 Å². The van der Waals surface area contributed by atoms with Crippen LogP contribution in [0, 0.1) is 0 Å². The van der Waals surface area contributed by atoms with Crippen LogP contribution in [0.1, 0.15) is 0 Å². The van der Waals surface area contributed by atoms with Crippen LogP contribution in [-0.4, -0.2) is 15.0 Å². The standard InChI is InChI=1S/C39H25N3O/c1-4-10-26(11-5-1)28-16-18-30(19-17-28)38-40-37(29-14-8-3-9-15-29)41-39(42-38)32-21-23-36-34(25-32)33-24-31(20-22-35(33)43-36)27-12-6-2-7-13-27/h1-25H. The van der Waals surface area contributed by atoms with Crippen LogP contribution in [0.3, 0.4) is 0 Å². The van der Waals surface area contributed by atoms with Crippen LogP contribution >= 0.6 is 0 Å². The molecular weight excluding hydrogens is 526 g/mol. The van der Waals surface area contributed by atoms with E-state index in [-0.39, 0.29) is 0 Å². The van der Waals surface area contributed by atoms with Gasteiger partial charge in [-0.05, 0) is 52.6 Å². The molecule has 0 amide bonds. The van der Waals surface area contributed by atoms with Crippen molar-refractivity contribution in [2.75, 3.05) is 0 Å². The summed E-state index contributed by atoms with van der Waals surface area (Å²) >= 11 is 0. The minimum atomic E-state index is 0.617. The second-order valence-electron chi connectivity index (χ2n) is 10.5. The van der Waals surface area contributed by atoms with Crippen molar-refractivity contribution < 1.29 is 4.42 Å². The van der Waals surface area contributed by atoms with E-state index < -0.39 is 0 Å². The van der Waals surface area contributed by atoms with Crippen LogP contribution in [0.25, 0.3) is 78.4 Å². The van der Waals surface area contributed by atoms with Gasteiger partial charge in [0.1, 0.15) is 11.2 Å². The summed E-state index contributed by atoms with van der Waals surface area (Å²) in [5, 5.41) is 2.09. The molecule has 0 aliphatic carbocycles. The summed E-state index contributed by atoms with van der Waals surface area (Å²) in [6, 6.07) is 51.7. The maximum Gasteiger partial charge on any atom is 0.164 e. The van der Waals surface area contributed by atoms with Crippen molar-refractivity contribution in [3.8, 4) is 56.4 Å². The number of nitrogens with zero attached hydrogens (tertiary/aromatic N) is 3. The number of aromatic nitrogens is 3. The Balaban J connectivity index is 1.26. The van der Waals surface area contributed by atoms with Crippen LogP contribution in [-0.2, 0) is 0 Å². The molecule has 8 rings (SSSR count). The van der Waals surface area contributed by atoms with E-state index in [9.17, 15) is 0 Å². The van der Waals surface area contributed by atoms with E-state index in [1.54, 1.807) is 0 Å². The molecule has 202 valence electrons. The van der Waals surface area contributed by atoms with Gasteiger partial charge in [-0.2, -0.15) is 0 Å². The van der Waals surface area contributed by atoms with Crippen molar-refractivity contribution in [2.24, 2.45) is 0 Å². The Morgan fingerprint density at radius 3 is 1.21 bits per heavy atom. The molecule has 4 heteroatoms. The zero-order valence-corrected chi connectivity index (χ0v) is 23.2. The predicted octanol–water partition coefficient (Wildman–Crippen LogP) is 10.1. The molecule has 0 spiro atoms. The Hall–Kier alpha value is -5.87. The number of benzene rings is 6. The number of rotatable bonds is 5. The van der Waals surface area contributed by atoms with Crippen molar-refractivity contribution >= 4 is 21.9 Å². The normalized spacial score (nSPS) is 11.3. The fourth-order valence-electron chi connectivity index (χ4n) is 5.52. The van der Waals surface area contributed by atoms with Gasteiger partial charge in [0.15, 0.2) is 17.5 Å². The van der Waals surface area contributed by atoms with Crippen LogP contribution in [0.15, 0.2) is 156 Å². The molecule has 0 N–H and O–H groups in total. The average molecular weight is 552 g/mol. The van der Waals surface area contributed by atoms with Gasteiger partial charge in [-0.15, -0.1) is 0 Å². The Morgan fingerprint density at radius 1 is 0.302 bits per heavy atom. The van der Waals surface area contributed by atoms with Gasteiger partial charge in [0.05, 0.1) is 0 Å². The van der Waals surface area contributed by atoms with E-state index >= 15 is 0 Å². The van der Waals surface area contributed by atoms with Gasteiger partial charge in [0.2, 0.25) is 0 Å². The Morgan fingerprint density at radius 2 is 0.651 bits per heavy atom. The second kappa shape index (κ2) is 10.5. The topological polar surface area (TPSA) is 51.8 Å². The first-order valence-electron chi connectivity index (χ1n) is 14.3. The molecule has 2 aromatic heterocycles. The van der Waals surface area contributed by atoms with Crippen molar-refractivity contribution in [1.29, 1.82) is 0 Å². The van der Waals surface area contributed by atoms with E-state index in [1.807, 2.05) is 60.7 Å². The third-order valence-corrected chi connectivity index (χ3v) is 7.75. The molecule has 8 aromatic rings. The highest BCUT2D eigenvalue weighted by Gasteiger charge is 2.15. The molecule has 43 heavy (non-hydrogen) atoms. The predicted molar refractivity (Wildman–Crippen MR) is 174 cm³/mol. The molecule has 0 saturated carbocycles. The fraction of sp³-hybridized carbons (Fsp3) is 0. The summed E-state index contributed by atoms with van der Waals surface area (Å²) in [6.07, 6.45) is 0. The molecule has 6 aromatic carbocycles. The zero-order valence-electron chi connectivity index (χ0n) is 23.2. The summed E-state index contributed by atoms with van der Waals surface area (Å²) in [5.41, 5.74) is 9.10. The average Bonchev–Trinajstić information content (AvgIpc) is 3.46. The molecule has 0 radical (unpaired) electrons. The van der Waals surface area contributed by atoms with E-state index in [0.717, 1.165) is 49.8 Å². The highest BCUT2D eigenvalue weighted by Crippen LogP contribution is 2.35. The molecule has 2 heterocycles. The lowest BCUT2D eigenvalue weighted by Gasteiger charge is -2.09. The molecule has 0 aliphatic rings. The van der Waals surface area contributed by atoms with Crippen LogP contribution in [0.2, 0.25) is 0 Å². The highest BCUT2D eigenvalue weighted by atomic mass is 16.3. The lowest BCUT2D eigenvalue weighted by molar-refractivity contribution is 0.669. The second-order valence-corrected chi connectivity index (χ2v) is 10.5. The molecule has 0 atom stereocenters. The number of hydrogen-bond acceptors (Lipinski definition) is 4. The molecule has 4 nitrogen and oxygen atoms in total. The quantitative estimate of drug-likeness (QED) is 0.214. The number of hydrogen-bond donors (Lipinski definition) is 0. The van der Waals surface area contributed by atoms with Gasteiger partial charge in [-0.25, -0.2) is 15.0 Å². The van der Waals surface area contributed by atoms with Crippen molar-refractivity contribution in [2.45, 2.75) is 0 Å². The Bertz CT molecular complexity index is 2210. The van der Waals surface area contributed by atoms with Crippen molar-refractivity contribution in [3.05, 3.63) is 152 Å². The summed E-state index contributed by atoms with van der Waals surface area (Å²) in [7, 11) is 0. The van der Waals surface area contributed by atoms with Gasteiger partial charge in [-0.3, -0.25) is 0 Å². The monoisotopic (exact) mass is 551 g/mol. The van der Waals surface area contributed by atoms with E-state index in [2.05, 4.69) is 91.0 Å². The van der Waals surface area contributed by atoms with Crippen molar-refractivity contribution in [3.63, 3.8) is 0 Å². The maximum atomic E-state index is 6.21. The van der Waals surface area contributed by atoms with Gasteiger partial charge < -0.3 is 4.42 Å². The Kier molecular flexibility index (Phi) is 6.08. The SMILES string of the molecule is c1ccc(-c2ccc(-c3nc(-c4ccccc4)nc(-c4ccc5oc6ccc(-c7ccccc7)cc6c5c4)n3)cc2)cc1. The molecule has 0 aliphatic heterocycles. The zero-order chi connectivity index (χ0) is 28.6. The fourth-order valence-corrected chi connectivity index (χ4v) is 5.52. The maximum absolute atomic E-state index is 6.21. The van der Waals surface area contributed by atoms with Gasteiger partial charge in [0.25, 0.3) is 0 Å². The largest absolute Gasteiger partial charge is 0.456 e. The number of fused-ring (bicyclic) bond motifs is 3. The van der Waals surface area contributed by atoms with E-state index in [1.165, 1.54) is 11.1 Å². The molecule has 0 unspecified atom stereocenters. The minimum absolute atomic E-state index is 0.617. The van der Waals surface area contributed by atoms with Gasteiger partial charge in [0, 0.05) is 27.5 Å². The van der Waals surface area contributed by atoms with E-state index in [4.69, 9.17) is 19.4 Å². The first kappa shape index (κ1) is 24.9. The molecular formula is C39H25N3O. The minimum Gasteiger partial charge on any atom is -0.456 e. The first-order chi connectivity index (χ1) is 21.3. The molecule has 0 saturated heterocycles. The van der Waals surface area contributed by atoms with Crippen LogP contribution in [0.4, 0.5) is 0 Å². The van der Waals surface area contributed by atoms with Crippen LogP contribution < -0.4 is 0 Å². The smallest absolute Gasteiger partial charge is 0.164 e. The van der Waals surface area contributed by atoms with E-state index in [0.29, 0.717) is 17.5 Å². The lowest BCUT2D eigenvalue weighted by Crippen LogP contribution is -2.00. The molecule has 0 fully saturated rings. The highest BCUT2D eigenvalue weighted by molar-refractivity contribution is 6.07. The number of furan rings is 1. The summed E-state index contributed by atoms with van der Waals surface area (Å²) in [4.78, 5) is 14.8. The van der Waals surface area contributed by atoms with Crippen LogP contribution in [0.5, 0.6) is 0 Å². The lowest BCUT2D eigenvalue weighted by atomic mass is 10.0. The third kappa shape index (κ3) is 4.75. The summed E-state index contributed by atoms with van der Waals surface area (Å²) in [6.45, 7) is 0. The molecule has 0 bridgehead atoms. The van der Waals surface area contributed by atoms with Gasteiger partial charge >= 0.3 is 0 Å². The van der Waals surface area contributed by atoms with Crippen molar-refractivity contribution in [1.82, 2.24) is 15.0 Å². The summed E-state index contributed by atoms with van der Waals surface area (Å²) in [5.74, 6) is 1.88. The van der Waals surface area contributed by atoms with Gasteiger partial charge in [-0.1, -0.05) is 121 Å². The third-order valence-electron chi connectivity index (χ3n) is 7.75. The first-order valence-corrected chi connectivity index (χ1v) is 14.3. The summed E-state index contributed by atoms with van der Waals surface area (Å²) < 4.78 is 6.21.